The highest BCUT2D eigenvalue weighted by Gasteiger charge is 2.46. The Bertz CT molecular complexity index is 544. The molecule has 1 aliphatic rings. The number of para-hydroxylation sites is 1. The first-order valence-electron chi connectivity index (χ1n) is 6.45. The van der Waals surface area contributed by atoms with E-state index in [2.05, 4.69) is 10.6 Å². The number of nitrogens with zero attached hydrogens (tertiary/aromatic N) is 1. The van der Waals surface area contributed by atoms with Crippen LogP contribution in [0.25, 0.3) is 0 Å². The van der Waals surface area contributed by atoms with Crippen LogP contribution < -0.4 is 10.6 Å². The van der Waals surface area contributed by atoms with Crippen molar-refractivity contribution in [3.63, 3.8) is 0 Å². The molecule has 1 unspecified atom stereocenters. The zero-order valence-electron chi connectivity index (χ0n) is 11.5. The Morgan fingerprint density at radius 3 is 2.50 bits per heavy atom. The number of hydrogen-bond acceptors (Lipinski definition) is 3. The molecule has 1 fully saturated rings. The highest BCUT2D eigenvalue weighted by atomic mass is 16.2. The van der Waals surface area contributed by atoms with Gasteiger partial charge in [0.2, 0.25) is 5.91 Å². The van der Waals surface area contributed by atoms with E-state index in [1.807, 2.05) is 13.0 Å². The minimum Gasteiger partial charge on any atom is -0.325 e. The molecule has 1 atom stereocenters. The van der Waals surface area contributed by atoms with E-state index < -0.39 is 17.5 Å². The molecule has 20 heavy (non-hydrogen) atoms. The Morgan fingerprint density at radius 2 is 1.95 bits per heavy atom. The second kappa shape index (κ2) is 5.32. The Labute approximate surface area is 117 Å². The second-order valence-electron chi connectivity index (χ2n) is 4.92. The number of benzene rings is 1. The number of urea groups is 1. The Hall–Kier alpha value is -2.37. The summed E-state index contributed by atoms with van der Waals surface area (Å²) in [5.74, 6) is -0.770. The van der Waals surface area contributed by atoms with E-state index in [0.29, 0.717) is 12.1 Å². The summed E-state index contributed by atoms with van der Waals surface area (Å²) in [6.45, 7) is 3.18. The Balaban J connectivity index is 2.02. The van der Waals surface area contributed by atoms with Gasteiger partial charge in [0.1, 0.15) is 12.1 Å². The van der Waals surface area contributed by atoms with Gasteiger partial charge < -0.3 is 10.6 Å². The molecule has 0 spiro atoms. The zero-order chi connectivity index (χ0) is 14.8. The van der Waals surface area contributed by atoms with Crippen molar-refractivity contribution >= 4 is 23.5 Å². The summed E-state index contributed by atoms with van der Waals surface area (Å²) in [4.78, 5) is 36.7. The van der Waals surface area contributed by atoms with Gasteiger partial charge in [0.25, 0.3) is 5.91 Å². The monoisotopic (exact) mass is 275 g/mol. The van der Waals surface area contributed by atoms with Crippen LogP contribution in [0.15, 0.2) is 30.3 Å². The summed E-state index contributed by atoms with van der Waals surface area (Å²) in [7, 11) is 0. The smallest absolute Gasteiger partial charge is 0.325 e. The normalized spacial score (nSPS) is 21.8. The molecule has 106 valence electrons. The van der Waals surface area contributed by atoms with E-state index in [1.165, 1.54) is 0 Å². The molecule has 1 aliphatic heterocycles. The van der Waals surface area contributed by atoms with Crippen molar-refractivity contribution in [1.29, 1.82) is 0 Å². The minimum absolute atomic E-state index is 0.283. The van der Waals surface area contributed by atoms with Crippen molar-refractivity contribution < 1.29 is 14.4 Å². The number of nitrogens with one attached hydrogen (secondary N) is 2. The van der Waals surface area contributed by atoms with Gasteiger partial charge in [-0.1, -0.05) is 25.1 Å². The molecule has 1 heterocycles. The first kappa shape index (κ1) is 14.0. The number of hydrogen-bond donors (Lipinski definition) is 2. The molecule has 0 saturated carbocycles. The van der Waals surface area contributed by atoms with E-state index in [4.69, 9.17) is 0 Å². The van der Waals surface area contributed by atoms with Gasteiger partial charge in [0.15, 0.2) is 0 Å². The predicted molar refractivity (Wildman–Crippen MR) is 74.0 cm³/mol. The van der Waals surface area contributed by atoms with Crippen LogP contribution in [0.5, 0.6) is 0 Å². The average Bonchev–Trinajstić information content (AvgIpc) is 2.64. The number of anilines is 1. The second-order valence-corrected chi connectivity index (χ2v) is 4.92. The topological polar surface area (TPSA) is 78.5 Å². The summed E-state index contributed by atoms with van der Waals surface area (Å²) in [6.07, 6.45) is 0.481. The third-order valence-corrected chi connectivity index (χ3v) is 3.41. The van der Waals surface area contributed by atoms with Gasteiger partial charge in [-0.25, -0.2) is 4.79 Å². The number of amides is 4. The molecule has 1 aromatic carbocycles. The number of carbonyl (C=O) groups is 3. The van der Waals surface area contributed by atoms with Crippen molar-refractivity contribution in [2.45, 2.75) is 25.8 Å². The van der Waals surface area contributed by atoms with E-state index >= 15 is 0 Å². The molecule has 0 aromatic heterocycles. The first-order chi connectivity index (χ1) is 9.46. The van der Waals surface area contributed by atoms with Crippen molar-refractivity contribution in [3.05, 3.63) is 30.3 Å². The van der Waals surface area contributed by atoms with Gasteiger partial charge in [-0.15, -0.1) is 0 Å². The quantitative estimate of drug-likeness (QED) is 0.814. The molecule has 1 saturated heterocycles. The fourth-order valence-electron chi connectivity index (χ4n) is 2.00. The zero-order valence-corrected chi connectivity index (χ0v) is 11.5. The number of imide groups is 1. The maximum absolute atomic E-state index is 12.1. The Morgan fingerprint density at radius 1 is 1.30 bits per heavy atom. The molecular formula is C14H17N3O3. The maximum atomic E-state index is 12.1. The lowest BCUT2D eigenvalue weighted by Crippen LogP contribution is -2.44. The highest BCUT2D eigenvalue weighted by molar-refractivity contribution is 6.09. The summed E-state index contributed by atoms with van der Waals surface area (Å²) in [5.41, 5.74) is -0.285. The molecule has 0 bridgehead atoms. The summed E-state index contributed by atoms with van der Waals surface area (Å²) in [5, 5.41) is 5.25. The van der Waals surface area contributed by atoms with Gasteiger partial charge in [-0.2, -0.15) is 0 Å². The summed E-state index contributed by atoms with van der Waals surface area (Å²) < 4.78 is 0. The van der Waals surface area contributed by atoms with E-state index in [-0.39, 0.29) is 12.5 Å². The van der Waals surface area contributed by atoms with Crippen molar-refractivity contribution in [3.8, 4) is 0 Å². The van der Waals surface area contributed by atoms with E-state index in [1.54, 1.807) is 31.2 Å². The van der Waals surface area contributed by atoms with Gasteiger partial charge in [0.05, 0.1) is 0 Å². The van der Waals surface area contributed by atoms with Crippen molar-refractivity contribution in [2.75, 3.05) is 11.9 Å². The summed E-state index contributed by atoms with van der Waals surface area (Å²) in [6, 6.07) is 8.36. The van der Waals surface area contributed by atoms with Crippen molar-refractivity contribution in [2.24, 2.45) is 0 Å². The van der Waals surface area contributed by atoms with Crippen LogP contribution in [0.4, 0.5) is 10.5 Å². The van der Waals surface area contributed by atoms with E-state index in [0.717, 1.165) is 4.90 Å². The van der Waals surface area contributed by atoms with Crippen LogP contribution in [0, 0.1) is 0 Å². The molecule has 0 radical (unpaired) electrons. The van der Waals surface area contributed by atoms with Crippen LogP contribution in [0.2, 0.25) is 0 Å². The molecule has 4 amide bonds. The van der Waals surface area contributed by atoms with Gasteiger partial charge in [0, 0.05) is 5.69 Å². The third-order valence-electron chi connectivity index (χ3n) is 3.41. The van der Waals surface area contributed by atoms with Gasteiger partial charge in [-0.3, -0.25) is 14.5 Å². The lowest BCUT2D eigenvalue weighted by Gasteiger charge is -2.19. The maximum Gasteiger partial charge on any atom is 0.325 e. The Kier molecular flexibility index (Phi) is 3.74. The van der Waals surface area contributed by atoms with Crippen LogP contribution in [0.1, 0.15) is 20.3 Å². The van der Waals surface area contributed by atoms with E-state index in [9.17, 15) is 14.4 Å². The number of carbonyl (C=O) groups excluding carboxylic acids is 3. The van der Waals surface area contributed by atoms with Gasteiger partial charge >= 0.3 is 6.03 Å². The molecule has 2 N–H and O–H groups in total. The first-order valence-corrected chi connectivity index (χ1v) is 6.45. The minimum atomic E-state index is -0.913. The largest absolute Gasteiger partial charge is 0.325 e. The number of rotatable bonds is 4. The molecule has 6 heteroatoms. The highest BCUT2D eigenvalue weighted by Crippen LogP contribution is 2.20. The van der Waals surface area contributed by atoms with Gasteiger partial charge in [-0.05, 0) is 25.5 Å². The van der Waals surface area contributed by atoms with Crippen LogP contribution in [-0.4, -0.2) is 34.8 Å². The lowest BCUT2D eigenvalue weighted by molar-refractivity contribution is -0.133. The summed E-state index contributed by atoms with van der Waals surface area (Å²) >= 11 is 0. The third kappa shape index (κ3) is 2.64. The predicted octanol–water partition coefficient (Wildman–Crippen LogP) is 1.35. The lowest BCUT2D eigenvalue weighted by atomic mass is 9.99. The molecule has 0 aliphatic carbocycles. The average molecular weight is 275 g/mol. The molecule has 1 aromatic rings. The van der Waals surface area contributed by atoms with Crippen LogP contribution >= 0.6 is 0 Å². The standard InChI is InChI=1S/C14H17N3O3/c1-3-14(2)12(19)17(13(20)16-14)9-11(18)15-10-7-5-4-6-8-10/h4-8H,3,9H2,1-2H3,(H,15,18)(H,16,20). The fraction of sp³-hybridized carbons (Fsp3) is 0.357. The van der Waals surface area contributed by atoms with Crippen molar-refractivity contribution in [1.82, 2.24) is 10.2 Å². The van der Waals surface area contributed by atoms with Crippen LogP contribution in [0.3, 0.4) is 0 Å². The van der Waals surface area contributed by atoms with Crippen LogP contribution in [-0.2, 0) is 9.59 Å². The molecule has 2 rings (SSSR count). The molecule has 6 nitrogen and oxygen atoms in total. The fourth-order valence-corrected chi connectivity index (χ4v) is 2.00. The SMILES string of the molecule is CCC1(C)NC(=O)N(CC(=O)Nc2ccccc2)C1=O. The molecular weight excluding hydrogens is 258 g/mol.